The van der Waals surface area contributed by atoms with Crippen LogP contribution in [0.15, 0.2) is 0 Å². The van der Waals surface area contributed by atoms with Crippen molar-refractivity contribution in [3.05, 3.63) is 0 Å². The Bertz CT molecular complexity index is 1070. The van der Waals surface area contributed by atoms with E-state index >= 15 is 0 Å². The number of likely N-dealkylation sites (N-methyl/N-ethyl adjacent to an activating group) is 1. The molecule has 0 aliphatic carbocycles. The summed E-state index contributed by atoms with van der Waals surface area (Å²) in [5.41, 5.74) is 5.31. The lowest BCUT2D eigenvalue weighted by atomic mass is 9.91. The van der Waals surface area contributed by atoms with Crippen molar-refractivity contribution in [2.24, 2.45) is 29.4 Å². The zero-order valence-electron chi connectivity index (χ0n) is 32.5. The number of carbonyl (C=O) groups excluding carboxylic acids is 6. The predicted molar refractivity (Wildman–Crippen MR) is 196 cm³/mol. The van der Waals surface area contributed by atoms with E-state index in [9.17, 15) is 39.0 Å². The first kappa shape index (κ1) is 47.7. The molecule has 51 heavy (non-hydrogen) atoms. The minimum Gasteiger partial charge on any atom is -0.460 e. The van der Waals surface area contributed by atoms with Crippen LogP contribution in [-0.4, -0.2) is 102 Å². The summed E-state index contributed by atoms with van der Waals surface area (Å²) >= 11 is 0. The van der Waals surface area contributed by atoms with Gasteiger partial charge in [-0.3, -0.25) is 28.8 Å². The number of hydrogen-bond acceptors (Lipinski definition) is 9. The quantitative estimate of drug-likeness (QED) is 0.0515. The van der Waals surface area contributed by atoms with E-state index in [-0.39, 0.29) is 24.9 Å². The smallest absolute Gasteiger partial charge is 0.325 e. The van der Waals surface area contributed by atoms with Gasteiger partial charge in [0.25, 0.3) is 0 Å². The van der Waals surface area contributed by atoms with Crippen molar-refractivity contribution >= 4 is 35.5 Å². The van der Waals surface area contributed by atoms with Gasteiger partial charge in [-0.25, -0.2) is 0 Å². The lowest BCUT2D eigenvalue weighted by molar-refractivity contribution is -0.158. The molecule has 7 N–H and O–H groups in total. The number of aliphatic hydroxyl groups is 2. The van der Waals surface area contributed by atoms with Gasteiger partial charge in [-0.15, -0.1) is 0 Å². The van der Waals surface area contributed by atoms with E-state index in [2.05, 4.69) is 22.9 Å². The molecule has 14 heteroatoms. The van der Waals surface area contributed by atoms with Crippen LogP contribution in [0.4, 0.5) is 0 Å². The molecule has 0 heterocycles. The zero-order chi connectivity index (χ0) is 39.1. The third-order valence-corrected chi connectivity index (χ3v) is 9.46. The van der Waals surface area contributed by atoms with Gasteiger partial charge in [0.2, 0.25) is 29.5 Å². The van der Waals surface area contributed by atoms with Crippen molar-refractivity contribution in [2.75, 3.05) is 26.8 Å². The molecule has 0 rings (SSSR count). The molecule has 0 aromatic carbocycles. The maximum Gasteiger partial charge on any atom is 0.325 e. The van der Waals surface area contributed by atoms with Crippen molar-refractivity contribution < 1.29 is 43.7 Å². The van der Waals surface area contributed by atoms with Crippen LogP contribution in [0.3, 0.4) is 0 Å². The summed E-state index contributed by atoms with van der Waals surface area (Å²) in [5.74, 6) is -5.64. The summed E-state index contributed by atoms with van der Waals surface area (Å²) in [6.07, 6.45) is 9.37. The fraction of sp³-hybridized carbons (Fsp3) is 0.838. The first-order valence-electron chi connectivity index (χ1n) is 18.9. The number of primary amides is 1. The van der Waals surface area contributed by atoms with E-state index in [1.54, 1.807) is 6.92 Å². The Morgan fingerprint density at radius 3 is 1.82 bits per heavy atom. The minimum absolute atomic E-state index is 0.0174. The largest absolute Gasteiger partial charge is 0.460 e. The van der Waals surface area contributed by atoms with E-state index < -0.39 is 84.7 Å². The average Bonchev–Trinajstić information content (AvgIpc) is 3.10. The number of esters is 1. The highest BCUT2D eigenvalue weighted by molar-refractivity contribution is 5.94. The third kappa shape index (κ3) is 18.2. The highest BCUT2D eigenvalue weighted by Crippen LogP contribution is 2.23. The number of nitrogens with two attached hydrogens (primary N) is 1. The Morgan fingerprint density at radius 2 is 1.33 bits per heavy atom. The van der Waals surface area contributed by atoms with Crippen LogP contribution in [0, 0.1) is 23.7 Å². The first-order chi connectivity index (χ1) is 24.1. The van der Waals surface area contributed by atoms with Crippen LogP contribution < -0.4 is 21.7 Å². The van der Waals surface area contributed by atoms with E-state index in [0.29, 0.717) is 25.7 Å². The van der Waals surface area contributed by atoms with Gasteiger partial charge in [0.05, 0.1) is 25.0 Å². The molecule has 0 unspecified atom stereocenters. The van der Waals surface area contributed by atoms with Gasteiger partial charge in [0, 0.05) is 7.05 Å². The Hall–Kier alpha value is -3.26. The molecular formula is C37H69N5O9. The second-order valence-corrected chi connectivity index (χ2v) is 14.2. The van der Waals surface area contributed by atoms with Gasteiger partial charge >= 0.3 is 5.97 Å². The second kappa shape index (κ2) is 26.5. The van der Waals surface area contributed by atoms with E-state index in [4.69, 9.17) is 10.5 Å². The van der Waals surface area contributed by atoms with E-state index in [1.165, 1.54) is 38.1 Å². The Labute approximate surface area is 305 Å². The van der Waals surface area contributed by atoms with Gasteiger partial charge in [-0.2, -0.15) is 0 Å². The first-order valence-corrected chi connectivity index (χ1v) is 18.9. The summed E-state index contributed by atoms with van der Waals surface area (Å²) in [7, 11) is 1.51. The van der Waals surface area contributed by atoms with Crippen LogP contribution in [-0.2, 0) is 33.5 Å². The minimum atomic E-state index is -1.32. The van der Waals surface area contributed by atoms with Crippen molar-refractivity contribution in [3.8, 4) is 0 Å². The lowest BCUT2D eigenvalue weighted by Gasteiger charge is -2.35. The van der Waals surface area contributed by atoms with Gasteiger partial charge in [-0.05, 0) is 31.1 Å². The molecule has 0 fully saturated rings. The number of carbonyl (C=O) groups is 6. The van der Waals surface area contributed by atoms with Gasteiger partial charge in [0.1, 0.15) is 30.8 Å². The molecule has 0 spiro atoms. The van der Waals surface area contributed by atoms with Crippen LogP contribution in [0.2, 0.25) is 0 Å². The molecule has 0 saturated carbocycles. The summed E-state index contributed by atoms with van der Waals surface area (Å²) in [6, 6.07) is -3.36. The maximum absolute atomic E-state index is 14.0. The Morgan fingerprint density at radius 1 is 0.765 bits per heavy atom. The number of nitrogens with one attached hydrogen (secondary N) is 3. The molecule has 5 amide bonds. The normalized spacial score (nSPS) is 14.9. The molecular weight excluding hydrogens is 658 g/mol. The molecule has 0 radical (unpaired) electrons. The second-order valence-electron chi connectivity index (χ2n) is 14.2. The molecule has 296 valence electrons. The molecule has 0 aromatic rings. The van der Waals surface area contributed by atoms with Gasteiger partial charge in [0.15, 0.2) is 0 Å². The van der Waals surface area contributed by atoms with Crippen molar-refractivity contribution in [1.29, 1.82) is 0 Å². The maximum atomic E-state index is 14.0. The fourth-order valence-corrected chi connectivity index (χ4v) is 5.91. The molecule has 0 bridgehead atoms. The number of rotatable bonds is 28. The lowest BCUT2D eigenvalue weighted by Crippen LogP contribution is -2.59. The predicted octanol–water partition coefficient (Wildman–Crippen LogP) is 2.57. The van der Waals surface area contributed by atoms with Crippen LogP contribution in [0.25, 0.3) is 0 Å². The molecule has 0 aliphatic rings. The number of unbranched alkanes of at least 4 members (excludes halogenated alkanes) is 7. The summed E-state index contributed by atoms with van der Waals surface area (Å²) in [5, 5.41) is 26.5. The number of ether oxygens (including phenoxy) is 1. The molecule has 6 atom stereocenters. The monoisotopic (exact) mass is 728 g/mol. The molecule has 0 saturated heterocycles. The van der Waals surface area contributed by atoms with Crippen molar-refractivity contribution in [3.63, 3.8) is 0 Å². The summed E-state index contributed by atoms with van der Waals surface area (Å²) in [6.45, 7) is 11.4. The van der Waals surface area contributed by atoms with Gasteiger partial charge in [-0.1, -0.05) is 106 Å². The Kier molecular flexibility index (Phi) is 24.8. The summed E-state index contributed by atoms with van der Waals surface area (Å²) < 4.78 is 5.78. The van der Waals surface area contributed by atoms with Crippen LogP contribution in [0.1, 0.15) is 126 Å². The number of aliphatic hydroxyl groups excluding tert-OH is 2. The van der Waals surface area contributed by atoms with Crippen molar-refractivity contribution in [2.45, 2.75) is 150 Å². The highest BCUT2D eigenvalue weighted by Gasteiger charge is 2.38. The number of nitrogens with zero attached hydrogens (tertiary/aromatic N) is 1. The molecule has 0 aliphatic heterocycles. The number of hydrogen-bond donors (Lipinski definition) is 6. The summed E-state index contributed by atoms with van der Waals surface area (Å²) in [4.78, 5) is 79.3. The number of amides is 5. The topological polar surface area (TPSA) is 217 Å². The van der Waals surface area contributed by atoms with E-state index in [0.717, 1.165) is 25.7 Å². The fourth-order valence-electron chi connectivity index (χ4n) is 5.91. The zero-order valence-corrected chi connectivity index (χ0v) is 32.5. The third-order valence-electron chi connectivity index (χ3n) is 9.46. The van der Waals surface area contributed by atoms with Crippen LogP contribution >= 0.6 is 0 Å². The molecule has 14 nitrogen and oxygen atoms in total. The van der Waals surface area contributed by atoms with Crippen LogP contribution in [0.5, 0.6) is 0 Å². The SMILES string of the molecule is CCCCCCCCCC[C@@H](OC(=O)CNC(=O)[C@@H](C)CO)[C@@H](C)C(=O)N(C)[C@@H](CC(C)C)C(=O)N[C@H](C(=O)N[C@@H](CO)C(N)=O)C(CC)CC. The molecule has 0 aromatic heterocycles. The highest BCUT2D eigenvalue weighted by atomic mass is 16.5. The van der Waals surface area contributed by atoms with Gasteiger partial charge < -0.3 is 41.5 Å². The Balaban J connectivity index is 6.10. The standard InChI is InChI=1S/C37H69N5O9/c1-9-12-13-14-15-16-17-18-19-30(51-31(45)21-39-34(47)25(6)22-43)26(7)37(50)42(8)29(20-24(4)5)35(48)41-32(27(10-2)11-3)36(49)40-28(23-44)33(38)46/h24-30,32,43-44H,9-23H2,1-8H3,(H2,38,46)(H,39,47)(H,40,49)(H,41,48)/t25-,26+,28-,29-,30+,32-/m0/s1. The van der Waals surface area contributed by atoms with Crippen molar-refractivity contribution in [1.82, 2.24) is 20.9 Å². The average molecular weight is 728 g/mol. The van der Waals surface area contributed by atoms with E-state index in [1.807, 2.05) is 27.7 Å².